The molecule has 0 radical (unpaired) electrons. The second-order valence-corrected chi connectivity index (χ2v) is 14.1. The number of hydrogen-bond acceptors (Lipinski definition) is 5. The molecular weight excluding hydrogens is 586 g/mol. The van der Waals surface area contributed by atoms with Gasteiger partial charge in [-0.1, -0.05) is 6.07 Å². The Morgan fingerprint density at radius 1 is 1.05 bits per heavy atom. The third kappa shape index (κ3) is 5.82. The van der Waals surface area contributed by atoms with Crippen molar-refractivity contribution in [3.05, 3.63) is 81.7 Å². The Kier molecular flexibility index (Phi) is 8.19. The van der Waals surface area contributed by atoms with E-state index in [9.17, 15) is 26.8 Å². The zero-order valence-electron chi connectivity index (χ0n) is 24.9. The first-order valence-electron chi connectivity index (χ1n) is 15.1. The molecule has 0 saturated carbocycles. The van der Waals surface area contributed by atoms with Gasteiger partial charge >= 0.3 is 0 Å². The minimum atomic E-state index is -4.15. The van der Waals surface area contributed by atoms with Crippen molar-refractivity contribution in [3.8, 4) is 0 Å². The zero-order chi connectivity index (χ0) is 31.2. The number of nitrogens with one attached hydrogen (secondary N) is 2. The smallest absolute Gasteiger partial charge is 0.256 e. The van der Waals surface area contributed by atoms with Crippen LogP contribution in [0.4, 0.5) is 14.5 Å². The first kappa shape index (κ1) is 30.2. The van der Waals surface area contributed by atoms with E-state index in [1.165, 1.54) is 37.1 Å². The molecule has 8 nitrogen and oxygen atoms in total. The summed E-state index contributed by atoms with van der Waals surface area (Å²) in [5.74, 6) is -2.75. The lowest BCUT2D eigenvalue weighted by Crippen LogP contribution is -2.43. The summed E-state index contributed by atoms with van der Waals surface area (Å²) in [6.45, 7) is 8.39. The van der Waals surface area contributed by atoms with Crippen LogP contribution in [0.3, 0.4) is 0 Å². The van der Waals surface area contributed by atoms with Crippen LogP contribution < -0.4 is 5.32 Å². The summed E-state index contributed by atoms with van der Waals surface area (Å²) in [6, 6.07) is 7.32. The molecule has 2 aromatic carbocycles. The van der Waals surface area contributed by atoms with Crippen LogP contribution in [0.2, 0.25) is 0 Å². The molecule has 0 aliphatic carbocycles. The maximum atomic E-state index is 14.2. The number of rotatable bonds is 7. The molecular formula is C33H36F2N4O4S. The molecule has 0 bridgehead atoms. The van der Waals surface area contributed by atoms with Crippen molar-refractivity contribution in [3.63, 3.8) is 0 Å². The van der Waals surface area contributed by atoms with Crippen LogP contribution in [0.25, 0.3) is 11.6 Å². The van der Waals surface area contributed by atoms with Crippen molar-refractivity contribution in [1.29, 1.82) is 0 Å². The molecule has 3 aliphatic rings. The largest absolute Gasteiger partial charge is 0.358 e. The Bertz CT molecular complexity index is 1760. The molecule has 0 unspecified atom stereocenters. The molecule has 2 N–H and O–H groups in total. The molecule has 3 aliphatic heterocycles. The Morgan fingerprint density at radius 2 is 1.77 bits per heavy atom. The van der Waals surface area contributed by atoms with Gasteiger partial charge < -0.3 is 20.1 Å². The predicted octanol–water partition coefficient (Wildman–Crippen LogP) is 5.32. The summed E-state index contributed by atoms with van der Waals surface area (Å²) in [6.07, 6.45) is 6.19. The van der Waals surface area contributed by atoms with Crippen LogP contribution in [0.1, 0.15) is 64.1 Å². The maximum absolute atomic E-state index is 14.2. The van der Waals surface area contributed by atoms with Crippen molar-refractivity contribution in [2.24, 2.45) is 5.92 Å². The van der Waals surface area contributed by atoms with Crippen molar-refractivity contribution >= 4 is 39.0 Å². The number of aromatic amines is 1. The van der Waals surface area contributed by atoms with Gasteiger partial charge in [-0.2, -0.15) is 0 Å². The Hall–Kier alpha value is -3.83. The second-order valence-electron chi connectivity index (χ2n) is 12.1. The van der Waals surface area contributed by atoms with Gasteiger partial charge in [0.15, 0.2) is 9.84 Å². The standard InChI is InChI=1S/C33H36F2N4O4S/c1-20-30(36-21(2)31(20)33(41)39-14-6-7-22(18-39)17-38-12-3-4-13-38)16-25-24-15-23(10-11-29(24)37-32(25)40)44(42,43)19-26-27(34)8-5-9-28(26)35/h5,8-11,15-16,22,36H,3-4,6-7,12-14,17-19H2,1-2H3,(H,37,40)/b25-16-/t22-/m0/s1. The molecule has 44 heavy (non-hydrogen) atoms. The Morgan fingerprint density at radius 3 is 2.50 bits per heavy atom. The second kappa shape index (κ2) is 11.9. The molecule has 232 valence electrons. The normalized spacial score (nSPS) is 19.9. The number of carbonyl (C=O) groups excluding carboxylic acids is 2. The summed E-state index contributed by atoms with van der Waals surface area (Å²) >= 11 is 0. The van der Waals surface area contributed by atoms with Crippen molar-refractivity contribution in [2.45, 2.75) is 50.2 Å². The summed E-state index contributed by atoms with van der Waals surface area (Å²) in [4.78, 5) is 34.3. The van der Waals surface area contributed by atoms with E-state index in [1.807, 2.05) is 18.7 Å². The molecule has 11 heteroatoms. The fraction of sp³-hybridized carbons (Fsp3) is 0.394. The average Bonchev–Trinajstić information content (AvgIpc) is 3.68. The number of nitrogens with zero attached hydrogens (tertiary/aromatic N) is 2. The summed E-state index contributed by atoms with van der Waals surface area (Å²) in [7, 11) is -4.15. The Balaban J connectivity index is 1.26. The van der Waals surface area contributed by atoms with E-state index in [0.717, 1.165) is 51.2 Å². The number of aromatic nitrogens is 1. The predicted molar refractivity (Wildman–Crippen MR) is 165 cm³/mol. The third-order valence-electron chi connectivity index (χ3n) is 9.03. The number of halogens is 2. The molecule has 0 spiro atoms. The molecule has 3 aromatic rings. The SMILES string of the molecule is Cc1[nH]c(/C=C2\C(=O)Nc3ccc(S(=O)(=O)Cc4c(F)cccc4F)cc32)c(C)c1C(=O)N1CCC[C@@H](CN2CCCC2)C1. The number of carbonyl (C=O) groups is 2. The number of aryl methyl sites for hydroxylation is 1. The summed E-state index contributed by atoms with van der Waals surface area (Å²) < 4.78 is 54.8. The number of likely N-dealkylation sites (tertiary alicyclic amines) is 2. The Labute approximate surface area is 256 Å². The minimum absolute atomic E-state index is 0.0305. The van der Waals surface area contributed by atoms with Gasteiger partial charge in [-0.25, -0.2) is 17.2 Å². The van der Waals surface area contributed by atoms with Gasteiger partial charge in [-0.3, -0.25) is 9.59 Å². The molecule has 2 amide bonds. The molecule has 1 aromatic heterocycles. The number of benzene rings is 2. The highest BCUT2D eigenvalue weighted by Gasteiger charge is 2.31. The van der Waals surface area contributed by atoms with Gasteiger partial charge in [0, 0.05) is 47.8 Å². The van der Waals surface area contributed by atoms with Crippen molar-refractivity contribution in [1.82, 2.24) is 14.8 Å². The minimum Gasteiger partial charge on any atom is -0.358 e. The van der Waals surface area contributed by atoms with E-state index in [2.05, 4.69) is 15.2 Å². The fourth-order valence-corrected chi connectivity index (χ4v) is 8.11. The maximum Gasteiger partial charge on any atom is 0.256 e. The van der Waals surface area contributed by atoms with Crippen LogP contribution in [0.15, 0.2) is 41.3 Å². The number of hydrogen-bond donors (Lipinski definition) is 2. The van der Waals surface area contributed by atoms with Crippen molar-refractivity contribution < 1.29 is 26.8 Å². The summed E-state index contributed by atoms with van der Waals surface area (Å²) in [5.41, 5.74) is 3.03. The highest BCUT2D eigenvalue weighted by atomic mass is 32.2. The highest BCUT2D eigenvalue weighted by molar-refractivity contribution is 7.90. The molecule has 2 saturated heterocycles. The lowest BCUT2D eigenvalue weighted by atomic mass is 9.96. The molecule has 1 atom stereocenters. The number of H-pyrrole nitrogens is 1. The lowest BCUT2D eigenvalue weighted by Gasteiger charge is -2.35. The van der Waals surface area contributed by atoms with Crippen LogP contribution in [-0.2, 0) is 20.4 Å². The topological polar surface area (TPSA) is 103 Å². The molecule has 6 rings (SSSR count). The number of fused-ring (bicyclic) bond motifs is 1. The third-order valence-corrected chi connectivity index (χ3v) is 10.7. The number of amides is 2. The van der Waals surface area contributed by atoms with Crippen LogP contribution >= 0.6 is 0 Å². The number of sulfone groups is 1. The van der Waals surface area contributed by atoms with E-state index in [1.54, 1.807) is 6.08 Å². The average molecular weight is 623 g/mol. The zero-order valence-corrected chi connectivity index (χ0v) is 25.7. The van der Waals surface area contributed by atoms with E-state index in [4.69, 9.17) is 0 Å². The molecule has 2 fully saturated rings. The first-order chi connectivity index (χ1) is 21.0. The molecule has 4 heterocycles. The van der Waals surface area contributed by atoms with Crippen LogP contribution in [0, 0.1) is 31.4 Å². The van der Waals surface area contributed by atoms with Gasteiger partial charge in [-0.15, -0.1) is 0 Å². The van der Waals surface area contributed by atoms with Gasteiger partial charge in [0.05, 0.1) is 21.8 Å². The van der Waals surface area contributed by atoms with Crippen LogP contribution in [0.5, 0.6) is 0 Å². The van der Waals surface area contributed by atoms with Crippen LogP contribution in [-0.4, -0.2) is 67.7 Å². The van der Waals surface area contributed by atoms with E-state index in [-0.39, 0.29) is 16.4 Å². The first-order valence-corrected chi connectivity index (χ1v) is 16.7. The van der Waals surface area contributed by atoms with Gasteiger partial charge in [-0.05, 0) is 101 Å². The van der Waals surface area contributed by atoms with E-state index >= 15 is 0 Å². The highest BCUT2D eigenvalue weighted by Crippen LogP contribution is 2.36. The quantitative estimate of drug-likeness (QED) is 0.347. The van der Waals surface area contributed by atoms with Crippen molar-refractivity contribution in [2.75, 3.05) is 38.0 Å². The van der Waals surface area contributed by atoms with E-state index in [0.29, 0.717) is 46.2 Å². The number of piperidine rings is 1. The fourth-order valence-electron chi connectivity index (χ4n) is 6.72. The monoisotopic (exact) mass is 622 g/mol. The lowest BCUT2D eigenvalue weighted by molar-refractivity contribution is -0.110. The van der Waals surface area contributed by atoms with Gasteiger partial charge in [0.1, 0.15) is 11.6 Å². The van der Waals surface area contributed by atoms with Gasteiger partial charge in [0.25, 0.3) is 11.8 Å². The van der Waals surface area contributed by atoms with Gasteiger partial charge in [0.2, 0.25) is 0 Å². The van der Waals surface area contributed by atoms with E-state index < -0.39 is 38.7 Å². The summed E-state index contributed by atoms with van der Waals surface area (Å²) in [5, 5.41) is 2.75. The number of anilines is 1.